The van der Waals surface area contributed by atoms with Gasteiger partial charge in [-0.15, -0.1) is 6.58 Å². The Morgan fingerprint density at radius 1 is 1.41 bits per heavy atom. The van der Waals surface area contributed by atoms with E-state index in [-0.39, 0.29) is 5.41 Å². The third-order valence-corrected chi connectivity index (χ3v) is 2.44. The van der Waals surface area contributed by atoms with Crippen molar-refractivity contribution in [2.75, 3.05) is 6.61 Å². The Morgan fingerprint density at radius 3 is 2.65 bits per heavy atom. The summed E-state index contributed by atoms with van der Waals surface area (Å²) in [5.74, 6) is 0.653. The number of pyridine rings is 1. The molecule has 0 atom stereocenters. The van der Waals surface area contributed by atoms with E-state index in [2.05, 4.69) is 32.3 Å². The first kappa shape index (κ1) is 13.7. The Morgan fingerprint density at radius 2 is 2.12 bits per heavy atom. The van der Waals surface area contributed by atoms with Crippen molar-refractivity contribution in [2.24, 2.45) is 5.73 Å². The molecule has 0 aliphatic rings. The van der Waals surface area contributed by atoms with Crippen molar-refractivity contribution in [3.8, 4) is 5.88 Å². The van der Waals surface area contributed by atoms with Gasteiger partial charge < -0.3 is 10.5 Å². The van der Waals surface area contributed by atoms with Crippen LogP contribution >= 0.6 is 0 Å². The summed E-state index contributed by atoms with van der Waals surface area (Å²) in [5, 5.41) is 0. The van der Waals surface area contributed by atoms with Crippen molar-refractivity contribution >= 4 is 0 Å². The highest BCUT2D eigenvalue weighted by Gasteiger charge is 2.17. The second-order valence-corrected chi connectivity index (χ2v) is 5.08. The van der Waals surface area contributed by atoms with Crippen molar-refractivity contribution in [2.45, 2.75) is 39.2 Å². The maximum atomic E-state index is 5.69. The SMILES string of the molecule is C=CCCOc1cc(CN)cc(C(C)(C)C)n1. The largest absolute Gasteiger partial charge is 0.477 e. The van der Waals surface area contributed by atoms with Gasteiger partial charge in [-0.05, 0) is 18.1 Å². The molecule has 0 bridgehead atoms. The molecule has 3 heteroatoms. The fraction of sp³-hybridized carbons (Fsp3) is 0.500. The van der Waals surface area contributed by atoms with Crippen LogP contribution in [0, 0.1) is 0 Å². The third kappa shape index (κ3) is 4.19. The minimum Gasteiger partial charge on any atom is -0.477 e. The quantitative estimate of drug-likeness (QED) is 0.629. The number of nitrogens with zero attached hydrogens (tertiary/aromatic N) is 1. The van der Waals surface area contributed by atoms with Crippen LogP contribution in [0.4, 0.5) is 0 Å². The summed E-state index contributed by atoms with van der Waals surface area (Å²) in [6.45, 7) is 11.2. The molecule has 0 unspecified atom stereocenters. The van der Waals surface area contributed by atoms with Crippen molar-refractivity contribution in [3.05, 3.63) is 36.0 Å². The van der Waals surface area contributed by atoms with Crippen LogP contribution in [0.15, 0.2) is 24.8 Å². The predicted molar refractivity (Wildman–Crippen MR) is 71.1 cm³/mol. The topological polar surface area (TPSA) is 48.1 Å². The molecule has 0 saturated heterocycles. The molecule has 2 N–H and O–H groups in total. The van der Waals surface area contributed by atoms with Gasteiger partial charge in [0.15, 0.2) is 0 Å². The Labute approximate surface area is 104 Å². The maximum absolute atomic E-state index is 5.69. The van der Waals surface area contributed by atoms with E-state index in [1.54, 1.807) is 0 Å². The molecule has 0 fully saturated rings. The first-order chi connectivity index (χ1) is 7.97. The zero-order valence-electron chi connectivity index (χ0n) is 11.0. The summed E-state index contributed by atoms with van der Waals surface area (Å²) >= 11 is 0. The van der Waals surface area contributed by atoms with Gasteiger partial charge in [-0.1, -0.05) is 26.8 Å². The molecular formula is C14H22N2O. The number of rotatable bonds is 5. The zero-order valence-corrected chi connectivity index (χ0v) is 11.0. The number of hydrogen-bond acceptors (Lipinski definition) is 3. The van der Waals surface area contributed by atoms with Crippen LogP contribution in [-0.4, -0.2) is 11.6 Å². The van der Waals surface area contributed by atoms with E-state index in [1.165, 1.54) is 0 Å². The molecule has 94 valence electrons. The summed E-state index contributed by atoms with van der Waals surface area (Å²) in [6.07, 6.45) is 2.65. The van der Waals surface area contributed by atoms with Crippen LogP contribution in [0.3, 0.4) is 0 Å². The van der Waals surface area contributed by atoms with Crippen molar-refractivity contribution < 1.29 is 4.74 Å². The highest BCUT2D eigenvalue weighted by Crippen LogP contribution is 2.24. The minimum absolute atomic E-state index is 0.00171. The standard InChI is InChI=1S/C14H22N2O/c1-5-6-7-17-13-9-11(10-15)8-12(16-13)14(2,3)4/h5,8-9H,1,6-7,10,15H2,2-4H3. The number of hydrogen-bond donors (Lipinski definition) is 1. The lowest BCUT2D eigenvalue weighted by Gasteiger charge is -2.19. The summed E-state index contributed by atoms with van der Waals surface area (Å²) in [5.41, 5.74) is 7.75. The maximum Gasteiger partial charge on any atom is 0.213 e. The van der Waals surface area contributed by atoms with Gasteiger partial charge in [0, 0.05) is 18.0 Å². The van der Waals surface area contributed by atoms with E-state index in [4.69, 9.17) is 10.5 Å². The van der Waals surface area contributed by atoms with Crippen LogP contribution in [0.5, 0.6) is 5.88 Å². The molecule has 0 aliphatic carbocycles. The van der Waals surface area contributed by atoms with Gasteiger partial charge in [-0.25, -0.2) is 4.98 Å². The van der Waals surface area contributed by atoms with Gasteiger partial charge in [-0.2, -0.15) is 0 Å². The van der Waals surface area contributed by atoms with Crippen LogP contribution in [0.25, 0.3) is 0 Å². The fourth-order valence-corrected chi connectivity index (χ4v) is 1.38. The summed E-state index contributed by atoms with van der Waals surface area (Å²) in [6, 6.07) is 3.94. The van der Waals surface area contributed by atoms with Crippen LogP contribution in [0.2, 0.25) is 0 Å². The molecule has 3 nitrogen and oxygen atoms in total. The second kappa shape index (κ2) is 5.82. The number of ether oxygens (including phenoxy) is 1. The zero-order chi connectivity index (χ0) is 12.9. The van der Waals surface area contributed by atoms with Gasteiger partial charge in [0.05, 0.1) is 12.3 Å². The van der Waals surface area contributed by atoms with Crippen molar-refractivity contribution in [1.82, 2.24) is 4.98 Å². The molecule has 0 aromatic carbocycles. The van der Waals surface area contributed by atoms with Crippen molar-refractivity contribution in [1.29, 1.82) is 0 Å². The van der Waals surface area contributed by atoms with Gasteiger partial charge in [0.2, 0.25) is 5.88 Å². The normalized spacial score (nSPS) is 11.3. The van der Waals surface area contributed by atoms with Crippen LogP contribution < -0.4 is 10.5 Å². The van der Waals surface area contributed by atoms with Gasteiger partial charge in [0.1, 0.15) is 0 Å². The molecular weight excluding hydrogens is 212 g/mol. The molecule has 0 amide bonds. The molecule has 0 radical (unpaired) electrons. The average Bonchev–Trinajstić information content (AvgIpc) is 2.28. The van der Waals surface area contributed by atoms with E-state index in [0.29, 0.717) is 19.0 Å². The van der Waals surface area contributed by atoms with E-state index in [9.17, 15) is 0 Å². The Hall–Kier alpha value is -1.35. The van der Waals surface area contributed by atoms with E-state index < -0.39 is 0 Å². The predicted octanol–water partition coefficient (Wildman–Crippen LogP) is 2.79. The second-order valence-electron chi connectivity index (χ2n) is 5.08. The van der Waals surface area contributed by atoms with E-state index in [1.807, 2.05) is 18.2 Å². The highest BCUT2D eigenvalue weighted by atomic mass is 16.5. The minimum atomic E-state index is 0.00171. The van der Waals surface area contributed by atoms with E-state index in [0.717, 1.165) is 17.7 Å². The lowest BCUT2D eigenvalue weighted by Crippen LogP contribution is -2.15. The fourth-order valence-electron chi connectivity index (χ4n) is 1.38. The Balaban J connectivity index is 2.93. The molecule has 0 saturated carbocycles. The molecule has 0 aliphatic heterocycles. The molecule has 1 rings (SSSR count). The lowest BCUT2D eigenvalue weighted by atomic mass is 9.91. The Kier molecular flexibility index (Phi) is 4.70. The molecule has 1 aromatic rings. The first-order valence-corrected chi connectivity index (χ1v) is 5.92. The monoisotopic (exact) mass is 234 g/mol. The first-order valence-electron chi connectivity index (χ1n) is 5.92. The number of aromatic nitrogens is 1. The lowest BCUT2D eigenvalue weighted by molar-refractivity contribution is 0.309. The number of nitrogens with two attached hydrogens (primary N) is 1. The average molecular weight is 234 g/mol. The summed E-state index contributed by atoms with van der Waals surface area (Å²) in [4.78, 5) is 4.51. The summed E-state index contributed by atoms with van der Waals surface area (Å²) < 4.78 is 5.59. The van der Waals surface area contributed by atoms with Gasteiger partial charge in [0.25, 0.3) is 0 Å². The van der Waals surface area contributed by atoms with Gasteiger partial charge >= 0.3 is 0 Å². The molecule has 0 spiro atoms. The summed E-state index contributed by atoms with van der Waals surface area (Å²) in [7, 11) is 0. The van der Waals surface area contributed by atoms with Crippen LogP contribution in [0.1, 0.15) is 38.4 Å². The van der Waals surface area contributed by atoms with E-state index >= 15 is 0 Å². The van der Waals surface area contributed by atoms with Crippen molar-refractivity contribution in [3.63, 3.8) is 0 Å². The van der Waals surface area contributed by atoms with Gasteiger partial charge in [-0.3, -0.25) is 0 Å². The third-order valence-electron chi connectivity index (χ3n) is 2.44. The molecule has 17 heavy (non-hydrogen) atoms. The molecule has 1 heterocycles. The smallest absolute Gasteiger partial charge is 0.213 e. The van der Waals surface area contributed by atoms with Crippen LogP contribution in [-0.2, 0) is 12.0 Å². The highest BCUT2D eigenvalue weighted by molar-refractivity contribution is 5.28. The molecule has 1 aromatic heterocycles. The Bertz CT molecular complexity index is 380.